The van der Waals surface area contributed by atoms with Gasteiger partial charge in [-0.1, -0.05) is 12.1 Å². The summed E-state index contributed by atoms with van der Waals surface area (Å²) in [5.41, 5.74) is 2.04. The Labute approximate surface area is 150 Å². The number of benzene rings is 1. The highest BCUT2D eigenvalue weighted by Crippen LogP contribution is 2.35. The minimum absolute atomic E-state index is 0.0152. The van der Waals surface area contributed by atoms with E-state index >= 15 is 0 Å². The van der Waals surface area contributed by atoms with Gasteiger partial charge in [-0.25, -0.2) is 0 Å². The summed E-state index contributed by atoms with van der Waals surface area (Å²) in [6, 6.07) is 8.61. The van der Waals surface area contributed by atoms with Crippen LogP contribution in [-0.2, 0) is 9.53 Å². The standard InChI is InChI=1S/C20H28N2O3/c1-22-11-3-5-16(13-21-20(23)17-6-4-12-25-14-17)19(22)15-7-9-18(24-2)10-8-15/h7-10,14,16,19H,3-6,11-13H2,1-2H3,(H,21,23)/t16-,19-/m1/s1. The molecule has 1 aromatic rings. The van der Waals surface area contributed by atoms with Crippen LogP contribution < -0.4 is 10.1 Å². The summed E-state index contributed by atoms with van der Waals surface area (Å²) in [5, 5.41) is 3.13. The smallest absolute Gasteiger partial charge is 0.250 e. The van der Waals surface area contributed by atoms with Crippen molar-refractivity contribution in [2.24, 2.45) is 5.92 Å². The molecule has 1 amide bonds. The number of likely N-dealkylation sites (tertiary alicyclic amines) is 1. The minimum Gasteiger partial charge on any atom is -0.501 e. The van der Waals surface area contributed by atoms with E-state index < -0.39 is 0 Å². The quantitative estimate of drug-likeness (QED) is 0.892. The van der Waals surface area contributed by atoms with Crippen LogP contribution in [0.2, 0.25) is 0 Å². The maximum atomic E-state index is 12.4. The van der Waals surface area contributed by atoms with Gasteiger partial charge in [0.2, 0.25) is 5.91 Å². The topological polar surface area (TPSA) is 50.8 Å². The van der Waals surface area contributed by atoms with Gasteiger partial charge in [0.15, 0.2) is 0 Å². The highest BCUT2D eigenvalue weighted by Gasteiger charge is 2.31. The molecule has 0 aromatic heterocycles. The van der Waals surface area contributed by atoms with Gasteiger partial charge in [0.05, 0.1) is 25.6 Å². The number of amides is 1. The zero-order chi connectivity index (χ0) is 17.6. The minimum atomic E-state index is 0.0152. The number of piperidine rings is 1. The molecule has 2 heterocycles. The SMILES string of the molecule is COc1ccc([C@@H]2[C@@H](CNC(=O)C3=COCCC3)CCCN2C)cc1. The lowest BCUT2D eigenvalue weighted by atomic mass is 9.84. The van der Waals surface area contributed by atoms with Gasteiger partial charge in [0.1, 0.15) is 5.75 Å². The second kappa shape index (κ2) is 8.39. The maximum Gasteiger partial charge on any atom is 0.250 e. The molecule has 2 aliphatic heterocycles. The van der Waals surface area contributed by atoms with Crippen molar-refractivity contribution in [1.82, 2.24) is 10.2 Å². The van der Waals surface area contributed by atoms with Gasteiger partial charge >= 0.3 is 0 Å². The Kier molecular flexibility index (Phi) is 5.97. The molecule has 0 bridgehead atoms. The number of carbonyl (C=O) groups is 1. The molecule has 1 saturated heterocycles. The molecule has 5 heteroatoms. The average molecular weight is 344 g/mol. The van der Waals surface area contributed by atoms with E-state index in [9.17, 15) is 4.79 Å². The summed E-state index contributed by atoms with van der Waals surface area (Å²) in [6.07, 6.45) is 5.62. The van der Waals surface area contributed by atoms with E-state index in [1.54, 1.807) is 13.4 Å². The van der Waals surface area contributed by atoms with Crippen molar-refractivity contribution in [3.63, 3.8) is 0 Å². The lowest BCUT2D eigenvalue weighted by Gasteiger charge is -2.39. The van der Waals surface area contributed by atoms with Crippen LogP contribution in [0, 0.1) is 5.92 Å². The number of nitrogens with zero attached hydrogens (tertiary/aromatic N) is 1. The monoisotopic (exact) mass is 344 g/mol. The van der Waals surface area contributed by atoms with Crippen LogP contribution >= 0.6 is 0 Å². The average Bonchev–Trinajstić information content (AvgIpc) is 2.67. The lowest BCUT2D eigenvalue weighted by molar-refractivity contribution is -0.118. The van der Waals surface area contributed by atoms with E-state index in [0.29, 0.717) is 25.1 Å². The molecule has 0 aliphatic carbocycles. The Balaban J connectivity index is 1.66. The first kappa shape index (κ1) is 17.8. The fraction of sp³-hybridized carbons (Fsp3) is 0.550. The van der Waals surface area contributed by atoms with Crippen LogP contribution in [-0.4, -0.2) is 44.7 Å². The van der Waals surface area contributed by atoms with Crippen molar-refractivity contribution >= 4 is 5.91 Å². The highest BCUT2D eigenvalue weighted by molar-refractivity contribution is 5.93. The van der Waals surface area contributed by atoms with E-state index in [1.165, 1.54) is 5.56 Å². The Morgan fingerprint density at radius 3 is 2.80 bits per heavy atom. The van der Waals surface area contributed by atoms with Crippen LogP contribution in [0.5, 0.6) is 5.75 Å². The van der Waals surface area contributed by atoms with Crippen molar-refractivity contribution < 1.29 is 14.3 Å². The van der Waals surface area contributed by atoms with Crippen LogP contribution in [0.25, 0.3) is 0 Å². The molecular weight excluding hydrogens is 316 g/mol. The molecule has 5 nitrogen and oxygen atoms in total. The van der Waals surface area contributed by atoms with Crippen molar-refractivity contribution in [1.29, 1.82) is 0 Å². The maximum absolute atomic E-state index is 12.4. The number of hydrogen-bond acceptors (Lipinski definition) is 4. The van der Waals surface area contributed by atoms with Crippen molar-refractivity contribution in [3.8, 4) is 5.75 Å². The highest BCUT2D eigenvalue weighted by atomic mass is 16.5. The molecule has 2 aliphatic rings. The molecule has 0 spiro atoms. The second-order valence-corrected chi connectivity index (χ2v) is 6.93. The normalized spacial score (nSPS) is 24.2. The second-order valence-electron chi connectivity index (χ2n) is 6.93. The lowest BCUT2D eigenvalue weighted by Crippen LogP contribution is -2.42. The Hall–Kier alpha value is -2.01. The fourth-order valence-corrected chi connectivity index (χ4v) is 3.87. The summed E-state index contributed by atoms with van der Waals surface area (Å²) in [4.78, 5) is 14.8. The third-order valence-corrected chi connectivity index (χ3v) is 5.21. The Morgan fingerprint density at radius 2 is 2.12 bits per heavy atom. The summed E-state index contributed by atoms with van der Waals surface area (Å²) < 4.78 is 10.5. The number of nitrogens with one attached hydrogen (secondary N) is 1. The van der Waals surface area contributed by atoms with Crippen molar-refractivity contribution in [3.05, 3.63) is 41.7 Å². The number of rotatable bonds is 5. The van der Waals surface area contributed by atoms with Gasteiger partial charge < -0.3 is 14.8 Å². The van der Waals surface area contributed by atoms with E-state index in [2.05, 4.69) is 29.4 Å². The van der Waals surface area contributed by atoms with Gasteiger partial charge in [-0.15, -0.1) is 0 Å². The third kappa shape index (κ3) is 4.34. The van der Waals surface area contributed by atoms with Gasteiger partial charge in [0.25, 0.3) is 0 Å². The van der Waals surface area contributed by atoms with E-state index in [4.69, 9.17) is 9.47 Å². The van der Waals surface area contributed by atoms with E-state index in [-0.39, 0.29) is 5.91 Å². The molecule has 0 radical (unpaired) electrons. The summed E-state index contributed by atoms with van der Waals surface area (Å²) >= 11 is 0. The molecule has 136 valence electrons. The first-order valence-electron chi connectivity index (χ1n) is 9.12. The van der Waals surface area contributed by atoms with Crippen LogP contribution in [0.15, 0.2) is 36.1 Å². The van der Waals surface area contributed by atoms with Crippen LogP contribution in [0.3, 0.4) is 0 Å². The van der Waals surface area contributed by atoms with Crippen LogP contribution in [0.4, 0.5) is 0 Å². The molecule has 1 fully saturated rings. The van der Waals surface area contributed by atoms with Crippen molar-refractivity contribution in [2.45, 2.75) is 31.7 Å². The largest absolute Gasteiger partial charge is 0.501 e. The Morgan fingerprint density at radius 1 is 1.32 bits per heavy atom. The predicted molar refractivity (Wildman–Crippen MR) is 97.4 cm³/mol. The molecule has 0 unspecified atom stereocenters. The van der Waals surface area contributed by atoms with Gasteiger partial charge in [-0.3, -0.25) is 9.69 Å². The van der Waals surface area contributed by atoms with Gasteiger partial charge in [-0.05, 0) is 62.9 Å². The number of hydrogen-bond donors (Lipinski definition) is 1. The van der Waals surface area contributed by atoms with Gasteiger partial charge in [-0.2, -0.15) is 0 Å². The molecular formula is C20H28N2O3. The molecule has 1 N–H and O–H groups in total. The van der Waals surface area contributed by atoms with E-state index in [0.717, 1.165) is 43.6 Å². The van der Waals surface area contributed by atoms with Crippen LogP contribution in [0.1, 0.15) is 37.3 Å². The molecule has 2 atom stereocenters. The van der Waals surface area contributed by atoms with E-state index in [1.807, 2.05) is 12.1 Å². The third-order valence-electron chi connectivity index (χ3n) is 5.21. The predicted octanol–water partition coefficient (Wildman–Crippen LogP) is 2.89. The summed E-state index contributed by atoms with van der Waals surface area (Å²) in [5.74, 6) is 1.29. The molecule has 25 heavy (non-hydrogen) atoms. The summed E-state index contributed by atoms with van der Waals surface area (Å²) in [6.45, 7) is 2.49. The van der Waals surface area contributed by atoms with Crippen molar-refractivity contribution in [2.75, 3.05) is 33.9 Å². The first-order chi connectivity index (χ1) is 12.2. The zero-order valence-corrected chi connectivity index (χ0v) is 15.2. The number of ether oxygens (including phenoxy) is 2. The van der Waals surface area contributed by atoms with Gasteiger partial charge in [0, 0.05) is 12.6 Å². The molecule has 0 saturated carbocycles. The number of methoxy groups -OCH3 is 1. The fourth-order valence-electron chi connectivity index (χ4n) is 3.87. The zero-order valence-electron chi connectivity index (χ0n) is 15.2. The molecule has 3 rings (SSSR count). The number of carbonyl (C=O) groups excluding carboxylic acids is 1. The Bertz CT molecular complexity index is 612. The summed E-state index contributed by atoms with van der Waals surface area (Å²) in [7, 11) is 3.85. The first-order valence-corrected chi connectivity index (χ1v) is 9.12. The molecule has 1 aromatic carbocycles.